The average Bonchev–Trinajstić information content (AvgIpc) is 2.60. The minimum absolute atomic E-state index is 0.247. The summed E-state index contributed by atoms with van der Waals surface area (Å²) < 4.78 is 19.9. The summed E-state index contributed by atoms with van der Waals surface area (Å²) in [6.07, 6.45) is 5.26. The van der Waals surface area contributed by atoms with Crippen LogP contribution >= 0.6 is 0 Å². The van der Waals surface area contributed by atoms with Gasteiger partial charge < -0.3 is 4.74 Å². The van der Waals surface area contributed by atoms with E-state index in [4.69, 9.17) is 4.74 Å². The second-order valence-electron chi connectivity index (χ2n) is 7.31. The van der Waals surface area contributed by atoms with Crippen molar-refractivity contribution in [3.63, 3.8) is 0 Å². The van der Waals surface area contributed by atoms with Crippen LogP contribution in [-0.4, -0.2) is 0 Å². The Kier molecular flexibility index (Phi) is 5.23. The molecule has 24 heavy (non-hydrogen) atoms. The minimum atomic E-state index is -0.247. The molecule has 0 bridgehead atoms. The van der Waals surface area contributed by atoms with Gasteiger partial charge in [0.05, 0.1) is 0 Å². The largest absolute Gasteiger partial charge is 0.486 e. The Bertz CT molecular complexity index is 682. The molecule has 128 valence electrons. The van der Waals surface area contributed by atoms with E-state index in [1.807, 2.05) is 13.0 Å². The van der Waals surface area contributed by atoms with Gasteiger partial charge in [-0.05, 0) is 66.8 Å². The van der Waals surface area contributed by atoms with E-state index in [1.54, 1.807) is 13.0 Å². The molecular formula is C22H27FO. The van der Waals surface area contributed by atoms with Crippen LogP contribution in [0, 0.1) is 25.6 Å². The molecule has 1 fully saturated rings. The molecule has 1 aliphatic rings. The number of benzene rings is 2. The molecule has 0 N–H and O–H groups in total. The number of ether oxygens (including phenoxy) is 1. The summed E-state index contributed by atoms with van der Waals surface area (Å²) in [6, 6.07) is 12.3. The molecule has 2 heteroatoms. The molecule has 1 saturated carbocycles. The first kappa shape index (κ1) is 17.0. The Morgan fingerprint density at radius 3 is 2.29 bits per heavy atom. The van der Waals surface area contributed by atoms with Gasteiger partial charge in [0.25, 0.3) is 0 Å². The Hall–Kier alpha value is -1.83. The Labute approximate surface area is 144 Å². The molecule has 0 aromatic heterocycles. The molecule has 0 aliphatic heterocycles. The van der Waals surface area contributed by atoms with E-state index >= 15 is 0 Å². The van der Waals surface area contributed by atoms with Crippen molar-refractivity contribution in [2.45, 2.75) is 59.0 Å². The van der Waals surface area contributed by atoms with Crippen LogP contribution in [0.25, 0.3) is 0 Å². The molecule has 0 spiro atoms. The molecule has 1 nitrogen and oxygen atoms in total. The second-order valence-corrected chi connectivity index (χ2v) is 7.31. The zero-order valence-corrected chi connectivity index (χ0v) is 14.9. The number of hydrogen-bond donors (Lipinski definition) is 0. The van der Waals surface area contributed by atoms with Gasteiger partial charge in [0.15, 0.2) is 11.6 Å². The number of halogens is 1. The van der Waals surface area contributed by atoms with Gasteiger partial charge in [-0.25, -0.2) is 4.39 Å². The van der Waals surface area contributed by atoms with Crippen LogP contribution < -0.4 is 4.74 Å². The van der Waals surface area contributed by atoms with Crippen LogP contribution in [0.3, 0.4) is 0 Å². The molecule has 2 aromatic carbocycles. The highest BCUT2D eigenvalue weighted by Crippen LogP contribution is 2.35. The average molecular weight is 326 g/mol. The van der Waals surface area contributed by atoms with Crippen LogP contribution in [0.2, 0.25) is 0 Å². The highest BCUT2D eigenvalue weighted by Gasteiger charge is 2.19. The van der Waals surface area contributed by atoms with Crippen molar-refractivity contribution in [1.29, 1.82) is 0 Å². The summed E-state index contributed by atoms with van der Waals surface area (Å²) in [7, 11) is 0. The van der Waals surface area contributed by atoms with Crippen molar-refractivity contribution in [1.82, 2.24) is 0 Å². The van der Waals surface area contributed by atoms with Gasteiger partial charge in [-0.2, -0.15) is 0 Å². The van der Waals surface area contributed by atoms with E-state index in [-0.39, 0.29) is 5.82 Å². The lowest BCUT2D eigenvalue weighted by Gasteiger charge is -2.26. The lowest BCUT2D eigenvalue weighted by atomic mass is 9.79. The molecule has 0 saturated heterocycles. The van der Waals surface area contributed by atoms with Crippen LogP contribution in [0.1, 0.15) is 60.8 Å². The summed E-state index contributed by atoms with van der Waals surface area (Å²) in [5.74, 6) is 1.67. The topological polar surface area (TPSA) is 9.23 Å². The summed E-state index contributed by atoms with van der Waals surface area (Å²) in [5.41, 5.74) is 4.13. The SMILES string of the molecule is Cc1ccc(OCc2ccc(C3CCC(C)CC3)cc2)c(F)c1C. The van der Waals surface area contributed by atoms with Crippen molar-refractivity contribution in [2.24, 2.45) is 5.92 Å². The van der Waals surface area contributed by atoms with Gasteiger partial charge in [0.1, 0.15) is 6.61 Å². The molecule has 2 aromatic rings. The van der Waals surface area contributed by atoms with E-state index in [0.29, 0.717) is 23.8 Å². The smallest absolute Gasteiger partial charge is 0.168 e. The highest BCUT2D eigenvalue weighted by molar-refractivity contribution is 5.36. The van der Waals surface area contributed by atoms with Gasteiger partial charge in [-0.1, -0.05) is 50.1 Å². The van der Waals surface area contributed by atoms with E-state index in [2.05, 4.69) is 31.2 Å². The van der Waals surface area contributed by atoms with Gasteiger partial charge in [0, 0.05) is 0 Å². The van der Waals surface area contributed by atoms with Gasteiger partial charge in [0.2, 0.25) is 0 Å². The van der Waals surface area contributed by atoms with Gasteiger partial charge in [-0.3, -0.25) is 0 Å². The van der Waals surface area contributed by atoms with E-state index in [0.717, 1.165) is 17.0 Å². The fourth-order valence-corrected chi connectivity index (χ4v) is 3.51. The quantitative estimate of drug-likeness (QED) is 0.639. The van der Waals surface area contributed by atoms with E-state index in [9.17, 15) is 4.39 Å². The Morgan fingerprint density at radius 2 is 1.62 bits per heavy atom. The number of rotatable bonds is 4. The maximum absolute atomic E-state index is 14.2. The lowest BCUT2D eigenvalue weighted by Crippen LogP contribution is -2.10. The first-order valence-corrected chi connectivity index (χ1v) is 9.02. The molecule has 1 aliphatic carbocycles. The summed E-state index contributed by atoms with van der Waals surface area (Å²) >= 11 is 0. The number of hydrogen-bond acceptors (Lipinski definition) is 1. The van der Waals surface area contributed by atoms with Crippen LogP contribution in [0.5, 0.6) is 5.75 Å². The molecule has 0 radical (unpaired) electrons. The predicted octanol–water partition coefficient (Wildman–Crippen LogP) is 6.32. The monoisotopic (exact) mass is 326 g/mol. The molecule has 0 unspecified atom stereocenters. The maximum atomic E-state index is 14.2. The Balaban J connectivity index is 1.61. The first-order chi connectivity index (χ1) is 11.5. The normalized spacial score (nSPS) is 20.8. The van der Waals surface area contributed by atoms with Crippen molar-refractivity contribution in [3.05, 3.63) is 64.5 Å². The molecular weight excluding hydrogens is 299 g/mol. The van der Waals surface area contributed by atoms with Gasteiger partial charge in [-0.15, -0.1) is 0 Å². The van der Waals surface area contributed by atoms with Crippen molar-refractivity contribution in [3.8, 4) is 5.75 Å². The molecule has 0 atom stereocenters. The van der Waals surface area contributed by atoms with Crippen LogP contribution in [-0.2, 0) is 6.61 Å². The van der Waals surface area contributed by atoms with Crippen molar-refractivity contribution >= 4 is 0 Å². The highest BCUT2D eigenvalue weighted by atomic mass is 19.1. The zero-order chi connectivity index (χ0) is 17.1. The summed E-state index contributed by atoms with van der Waals surface area (Å²) in [5, 5.41) is 0. The molecule has 0 heterocycles. The molecule has 3 rings (SSSR count). The summed E-state index contributed by atoms with van der Waals surface area (Å²) in [4.78, 5) is 0. The fourth-order valence-electron chi connectivity index (χ4n) is 3.51. The van der Waals surface area contributed by atoms with Crippen LogP contribution in [0.15, 0.2) is 36.4 Å². The van der Waals surface area contributed by atoms with E-state index < -0.39 is 0 Å². The van der Waals surface area contributed by atoms with Gasteiger partial charge >= 0.3 is 0 Å². The van der Waals surface area contributed by atoms with E-state index in [1.165, 1.54) is 31.2 Å². The van der Waals surface area contributed by atoms with Crippen molar-refractivity contribution in [2.75, 3.05) is 0 Å². The summed E-state index contributed by atoms with van der Waals surface area (Å²) in [6.45, 7) is 6.45. The third-order valence-electron chi connectivity index (χ3n) is 5.48. The minimum Gasteiger partial charge on any atom is -0.486 e. The second kappa shape index (κ2) is 7.38. The van der Waals surface area contributed by atoms with Crippen molar-refractivity contribution < 1.29 is 9.13 Å². The Morgan fingerprint density at radius 1 is 0.958 bits per heavy atom. The lowest BCUT2D eigenvalue weighted by molar-refractivity contribution is 0.289. The standard InChI is InChI=1S/C22H27FO/c1-15-4-9-19(10-5-15)20-11-7-18(8-12-20)14-24-21-13-6-16(2)17(3)22(21)23/h6-8,11-13,15,19H,4-5,9-10,14H2,1-3H3. The number of aryl methyl sites for hydroxylation is 1. The third kappa shape index (κ3) is 3.80. The first-order valence-electron chi connectivity index (χ1n) is 9.02. The zero-order valence-electron chi connectivity index (χ0n) is 14.9. The molecule has 0 amide bonds. The maximum Gasteiger partial charge on any atom is 0.168 e. The predicted molar refractivity (Wildman–Crippen MR) is 97.0 cm³/mol. The van der Waals surface area contributed by atoms with Crippen LogP contribution in [0.4, 0.5) is 4.39 Å². The third-order valence-corrected chi connectivity index (χ3v) is 5.48. The fraction of sp³-hybridized carbons (Fsp3) is 0.455.